The third-order valence-corrected chi connectivity index (χ3v) is 4.78. The molecule has 0 bridgehead atoms. The van der Waals surface area contributed by atoms with Gasteiger partial charge in [-0.3, -0.25) is 0 Å². The molecule has 2 N–H and O–H groups in total. The topological polar surface area (TPSA) is 32.3 Å². The molecule has 3 unspecified atom stereocenters. The summed E-state index contributed by atoms with van der Waals surface area (Å²) >= 11 is 1.63. The fourth-order valence-corrected chi connectivity index (χ4v) is 3.35. The maximum Gasteiger partial charge on any atom is 0.101 e. The molecular weight excluding hydrogens is 230 g/mol. The molecule has 0 radical (unpaired) electrons. The molecule has 1 aromatic rings. The largest absolute Gasteiger partial charge is 0.386 e. The monoisotopic (exact) mass is 253 g/mol. The highest BCUT2D eigenvalue weighted by Crippen LogP contribution is 2.24. The minimum absolute atomic E-state index is 0.342. The van der Waals surface area contributed by atoms with Crippen LogP contribution >= 0.6 is 11.3 Å². The van der Waals surface area contributed by atoms with Gasteiger partial charge in [0.25, 0.3) is 0 Å². The van der Waals surface area contributed by atoms with Crippen LogP contribution in [-0.2, 0) is 0 Å². The Morgan fingerprint density at radius 1 is 1.41 bits per heavy atom. The fraction of sp³-hybridized carbons (Fsp3) is 0.714. The van der Waals surface area contributed by atoms with Crippen LogP contribution in [0.5, 0.6) is 0 Å². The van der Waals surface area contributed by atoms with E-state index in [1.165, 1.54) is 32.1 Å². The quantitative estimate of drug-likeness (QED) is 0.807. The second kappa shape index (κ2) is 6.53. The zero-order valence-electron chi connectivity index (χ0n) is 10.6. The number of nitrogens with one attached hydrogen (secondary N) is 1. The summed E-state index contributed by atoms with van der Waals surface area (Å²) in [4.78, 5) is 1.07. The van der Waals surface area contributed by atoms with Crippen molar-refractivity contribution in [3.63, 3.8) is 0 Å². The first-order valence-electron chi connectivity index (χ1n) is 6.72. The molecule has 96 valence electrons. The molecule has 1 fully saturated rings. The summed E-state index contributed by atoms with van der Waals surface area (Å²) in [6.45, 7) is 3.02. The Labute approximate surface area is 108 Å². The van der Waals surface area contributed by atoms with E-state index >= 15 is 0 Å². The molecule has 1 aliphatic rings. The highest BCUT2D eigenvalue weighted by atomic mass is 32.1. The van der Waals surface area contributed by atoms with Crippen LogP contribution in [0.4, 0.5) is 0 Å². The highest BCUT2D eigenvalue weighted by molar-refractivity contribution is 7.10. The van der Waals surface area contributed by atoms with Gasteiger partial charge in [0.2, 0.25) is 0 Å². The maximum atomic E-state index is 10.0. The Morgan fingerprint density at radius 2 is 2.24 bits per heavy atom. The van der Waals surface area contributed by atoms with E-state index in [0.717, 1.165) is 10.8 Å². The van der Waals surface area contributed by atoms with E-state index in [1.807, 2.05) is 17.5 Å². The van der Waals surface area contributed by atoms with E-state index in [-0.39, 0.29) is 6.10 Å². The van der Waals surface area contributed by atoms with E-state index in [9.17, 15) is 5.11 Å². The van der Waals surface area contributed by atoms with E-state index in [2.05, 4.69) is 12.2 Å². The number of hydrogen-bond acceptors (Lipinski definition) is 3. The Kier molecular flexibility index (Phi) is 5.01. The van der Waals surface area contributed by atoms with Crippen LogP contribution < -0.4 is 5.32 Å². The summed E-state index contributed by atoms with van der Waals surface area (Å²) in [6, 6.07) is 4.59. The lowest BCUT2D eigenvalue weighted by Crippen LogP contribution is -2.36. The number of aliphatic hydroxyl groups excluding tert-OH is 1. The van der Waals surface area contributed by atoms with Gasteiger partial charge in [0.15, 0.2) is 0 Å². The van der Waals surface area contributed by atoms with Crippen molar-refractivity contribution in [3.05, 3.63) is 22.4 Å². The average molecular weight is 253 g/mol. The zero-order valence-corrected chi connectivity index (χ0v) is 11.4. The second-order valence-electron chi connectivity index (χ2n) is 5.16. The molecule has 0 amide bonds. The molecule has 0 aliphatic heterocycles. The van der Waals surface area contributed by atoms with Gasteiger partial charge in [-0.1, -0.05) is 32.3 Å². The molecule has 3 heteroatoms. The van der Waals surface area contributed by atoms with Gasteiger partial charge < -0.3 is 10.4 Å². The van der Waals surface area contributed by atoms with Gasteiger partial charge in [-0.15, -0.1) is 11.3 Å². The molecule has 0 aromatic carbocycles. The van der Waals surface area contributed by atoms with E-state index in [1.54, 1.807) is 11.3 Å². The summed E-state index contributed by atoms with van der Waals surface area (Å²) in [5, 5.41) is 15.6. The standard InChI is InChI=1S/C14H23NOS/c1-11-6-3-2-4-7-12(11)15-10-13(16)14-8-5-9-17-14/h5,8-9,11-13,15-16H,2-4,6-7,10H2,1H3. The van der Waals surface area contributed by atoms with Crippen molar-refractivity contribution in [2.45, 2.75) is 51.2 Å². The number of hydrogen-bond donors (Lipinski definition) is 2. The van der Waals surface area contributed by atoms with Gasteiger partial charge in [-0.25, -0.2) is 0 Å². The van der Waals surface area contributed by atoms with Crippen LogP contribution in [0.1, 0.15) is 50.0 Å². The molecule has 2 nitrogen and oxygen atoms in total. The number of rotatable bonds is 4. The second-order valence-corrected chi connectivity index (χ2v) is 6.14. The highest BCUT2D eigenvalue weighted by Gasteiger charge is 2.20. The maximum absolute atomic E-state index is 10.0. The Hall–Kier alpha value is -0.380. The van der Waals surface area contributed by atoms with Crippen molar-refractivity contribution < 1.29 is 5.11 Å². The molecule has 1 aromatic heterocycles. The lowest BCUT2D eigenvalue weighted by Gasteiger charge is -2.24. The van der Waals surface area contributed by atoms with Crippen molar-refractivity contribution >= 4 is 11.3 Å². The molecule has 0 saturated heterocycles. The van der Waals surface area contributed by atoms with Crippen LogP contribution in [0, 0.1) is 5.92 Å². The third kappa shape index (κ3) is 3.80. The lowest BCUT2D eigenvalue weighted by molar-refractivity contribution is 0.167. The molecule has 3 atom stereocenters. The van der Waals surface area contributed by atoms with Gasteiger partial charge in [0, 0.05) is 17.5 Å². The van der Waals surface area contributed by atoms with E-state index < -0.39 is 0 Å². The smallest absolute Gasteiger partial charge is 0.101 e. The first-order valence-corrected chi connectivity index (χ1v) is 7.60. The Morgan fingerprint density at radius 3 is 3.00 bits per heavy atom. The number of aliphatic hydroxyl groups is 1. The third-order valence-electron chi connectivity index (χ3n) is 3.81. The molecule has 1 aliphatic carbocycles. The minimum Gasteiger partial charge on any atom is -0.386 e. The van der Waals surface area contributed by atoms with Crippen molar-refractivity contribution in [1.82, 2.24) is 5.32 Å². The SMILES string of the molecule is CC1CCCCCC1NCC(O)c1cccs1. The van der Waals surface area contributed by atoms with Crippen LogP contribution in [0.25, 0.3) is 0 Å². The van der Waals surface area contributed by atoms with Crippen LogP contribution in [-0.4, -0.2) is 17.7 Å². The first kappa shape index (κ1) is 13.1. The summed E-state index contributed by atoms with van der Waals surface area (Å²) < 4.78 is 0. The summed E-state index contributed by atoms with van der Waals surface area (Å²) in [6.07, 6.45) is 6.32. The summed E-state index contributed by atoms with van der Waals surface area (Å²) in [5.41, 5.74) is 0. The Balaban J connectivity index is 1.80. The van der Waals surface area contributed by atoms with E-state index in [0.29, 0.717) is 12.6 Å². The van der Waals surface area contributed by atoms with Crippen LogP contribution in [0.3, 0.4) is 0 Å². The summed E-state index contributed by atoms with van der Waals surface area (Å²) in [7, 11) is 0. The van der Waals surface area contributed by atoms with Gasteiger partial charge in [0.05, 0.1) is 0 Å². The predicted octanol–water partition coefficient (Wildman–Crippen LogP) is 3.34. The van der Waals surface area contributed by atoms with Crippen molar-refractivity contribution in [3.8, 4) is 0 Å². The van der Waals surface area contributed by atoms with Gasteiger partial charge in [-0.2, -0.15) is 0 Å². The zero-order chi connectivity index (χ0) is 12.1. The van der Waals surface area contributed by atoms with E-state index in [4.69, 9.17) is 0 Å². The normalized spacial score (nSPS) is 27.6. The minimum atomic E-state index is -0.342. The molecule has 2 rings (SSSR count). The summed E-state index contributed by atoms with van der Waals surface area (Å²) in [5.74, 6) is 0.744. The number of thiophene rings is 1. The van der Waals surface area contributed by atoms with Crippen LogP contribution in [0.2, 0.25) is 0 Å². The molecular formula is C14H23NOS. The van der Waals surface area contributed by atoms with Crippen molar-refractivity contribution in [1.29, 1.82) is 0 Å². The molecule has 1 saturated carbocycles. The van der Waals surface area contributed by atoms with Crippen LogP contribution in [0.15, 0.2) is 17.5 Å². The van der Waals surface area contributed by atoms with Gasteiger partial charge in [0.1, 0.15) is 6.10 Å². The van der Waals surface area contributed by atoms with Gasteiger partial charge >= 0.3 is 0 Å². The van der Waals surface area contributed by atoms with Crippen molar-refractivity contribution in [2.24, 2.45) is 5.92 Å². The average Bonchev–Trinajstić information content (AvgIpc) is 2.78. The molecule has 0 spiro atoms. The fourth-order valence-electron chi connectivity index (χ4n) is 2.64. The molecule has 17 heavy (non-hydrogen) atoms. The van der Waals surface area contributed by atoms with Crippen molar-refractivity contribution in [2.75, 3.05) is 6.54 Å². The lowest BCUT2D eigenvalue weighted by atomic mass is 9.97. The first-order chi connectivity index (χ1) is 8.27. The Bertz CT molecular complexity index is 312. The molecule has 1 heterocycles. The predicted molar refractivity (Wildman–Crippen MR) is 73.3 cm³/mol. The van der Waals surface area contributed by atoms with Gasteiger partial charge in [-0.05, 0) is 30.2 Å².